The summed E-state index contributed by atoms with van der Waals surface area (Å²) < 4.78 is 36.7. The molecular formula is C15H19F3N2O. The van der Waals surface area contributed by atoms with E-state index in [2.05, 4.69) is 11.8 Å². The van der Waals surface area contributed by atoms with Crippen LogP contribution in [0.3, 0.4) is 0 Å². The van der Waals surface area contributed by atoms with Gasteiger partial charge in [0.05, 0.1) is 0 Å². The molecular weight excluding hydrogens is 281 g/mol. The lowest BCUT2D eigenvalue weighted by molar-refractivity contribution is -0.167. The Morgan fingerprint density at radius 3 is 2.62 bits per heavy atom. The molecule has 2 rings (SSSR count). The molecule has 1 aliphatic heterocycles. The van der Waals surface area contributed by atoms with Gasteiger partial charge in [-0.15, -0.1) is 0 Å². The zero-order valence-corrected chi connectivity index (χ0v) is 12.1. The average Bonchev–Trinajstić information content (AvgIpc) is 2.39. The second-order valence-corrected chi connectivity index (χ2v) is 5.49. The van der Waals surface area contributed by atoms with Crippen LogP contribution in [0.1, 0.15) is 31.7 Å². The van der Waals surface area contributed by atoms with E-state index in [1.807, 2.05) is 12.2 Å². The zero-order chi connectivity index (χ0) is 15.6. The summed E-state index contributed by atoms with van der Waals surface area (Å²) >= 11 is 0. The highest BCUT2D eigenvalue weighted by Gasteiger charge is 2.38. The largest absolute Gasteiger partial charge is 0.471 e. The molecule has 1 fully saturated rings. The summed E-state index contributed by atoms with van der Waals surface area (Å²) in [5, 5.41) is 1.88. The van der Waals surface area contributed by atoms with Gasteiger partial charge in [-0.3, -0.25) is 4.79 Å². The third kappa shape index (κ3) is 3.68. The van der Waals surface area contributed by atoms with Gasteiger partial charge >= 0.3 is 12.1 Å². The van der Waals surface area contributed by atoms with Crippen molar-refractivity contribution in [1.82, 2.24) is 0 Å². The monoisotopic (exact) mass is 300 g/mol. The number of hydrogen-bond donors (Lipinski definition) is 1. The number of halogens is 3. The number of nitrogens with zero attached hydrogens (tertiary/aromatic N) is 1. The quantitative estimate of drug-likeness (QED) is 0.899. The van der Waals surface area contributed by atoms with Crippen LogP contribution < -0.4 is 10.2 Å². The highest BCUT2D eigenvalue weighted by molar-refractivity contribution is 5.95. The molecule has 0 bridgehead atoms. The molecule has 0 aliphatic carbocycles. The Balaban J connectivity index is 2.16. The molecule has 0 saturated carbocycles. The molecule has 0 spiro atoms. The molecule has 0 unspecified atom stereocenters. The molecule has 1 saturated heterocycles. The number of aryl methyl sites for hydroxylation is 1. The fraction of sp³-hybridized carbons (Fsp3) is 0.533. The van der Waals surface area contributed by atoms with Crippen LogP contribution in [0, 0.1) is 6.92 Å². The lowest BCUT2D eigenvalue weighted by atomic mass is 10.0. The first-order chi connectivity index (χ1) is 9.79. The van der Waals surface area contributed by atoms with Gasteiger partial charge in [0.2, 0.25) is 0 Å². The van der Waals surface area contributed by atoms with E-state index in [-0.39, 0.29) is 5.69 Å². The maximum Gasteiger partial charge on any atom is 0.471 e. The zero-order valence-electron chi connectivity index (χ0n) is 12.1. The summed E-state index contributed by atoms with van der Waals surface area (Å²) in [5.74, 6) is -1.94. The minimum atomic E-state index is -4.87. The molecule has 0 radical (unpaired) electrons. The second kappa shape index (κ2) is 5.95. The molecule has 1 aliphatic rings. The predicted octanol–water partition coefficient (Wildman–Crippen LogP) is 3.87. The third-order valence-electron chi connectivity index (χ3n) is 3.82. The predicted molar refractivity (Wildman–Crippen MR) is 76.5 cm³/mol. The number of carbonyl (C=O) groups is 1. The molecule has 6 heteroatoms. The number of carbonyl (C=O) groups excluding carboxylic acids is 1. The van der Waals surface area contributed by atoms with Crippen molar-refractivity contribution in [3.8, 4) is 0 Å². The van der Waals surface area contributed by atoms with E-state index in [0.717, 1.165) is 30.6 Å². The van der Waals surface area contributed by atoms with E-state index in [1.54, 1.807) is 12.1 Å². The van der Waals surface area contributed by atoms with Crippen LogP contribution in [-0.2, 0) is 4.79 Å². The summed E-state index contributed by atoms with van der Waals surface area (Å²) in [6.07, 6.45) is -1.42. The maximum absolute atomic E-state index is 12.2. The Morgan fingerprint density at radius 1 is 1.33 bits per heavy atom. The Hall–Kier alpha value is -1.72. The first-order valence-electron chi connectivity index (χ1n) is 7.04. The van der Waals surface area contributed by atoms with E-state index in [0.29, 0.717) is 6.04 Å². The maximum atomic E-state index is 12.2. The van der Waals surface area contributed by atoms with Crippen molar-refractivity contribution in [1.29, 1.82) is 0 Å². The van der Waals surface area contributed by atoms with Crippen LogP contribution >= 0.6 is 0 Å². The van der Waals surface area contributed by atoms with Crippen molar-refractivity contribution in [2.75, 3.05) is 16.8 Å². The number of piperidine rings is 1. The molecule has 3 nitrogen and oxygen atoms in total. The highest BCUT2D eigenvalue weighted by atomic mass is 19.4. The van der Waals surface area contributed by atoms with Crippen LogP contribution in [0.5, 0.6) is 0 Å². The molecule has 1 aromatic carbocycles. The number of benzene rings is 1. The number of nitrogens with one attached hydrogen (secondary N) is 1. The number of anilines is 2. The van der Waals surface area contributed by atoms with Crippen molar-refractivity contribution < 1.29 is 18.0 Å². The SMILES string of the molecule is Cc1cc(NC(=O)C(F)(F)F)ccc1N1CCCC[C@H]1C. The standard InChI is InChI=1S/C15H19F3N2O/c1-10-9-12(19-14(21)15(16,17)18)6-7-13(10)20-8-4-3-5-11(20)2/h6-7,9,11H,3-5,8H2,1-2H3,(H,19,21)/t11-/m1/s1. The fourth-order valence-corrected chi connectivity index (χ4v) is 2.71. The van der Waals surface area contributed by atoms with Crippen molar-refractivity contribution in [3.05, 3.63) is 23.8 Å². The molecule has 21 heavy (non-hydrogen) atoms. The topological polar surface area (TPSA) is 32.3 Å². The molecule has 1 amide bonds. The molecule has 116 valence electrons. The minimum Gasteiger partial charge on any atom is -0.369 e. The van der Waals surface area contributed by atoms with Crippen LogP contribution in [-0.4, -0.2) is 24.7 Å². The second-order valence-electron chi connectivity index (χ2n) is 5.49. The molecule has 1 N–H and O–H groups in total. The lowest BCUT2D eigenvalue weighted by Crippen LogP contribution is -2.37. The van der Waals surface area contributed by atoms with Crippen molar-refractivity contribution >= 4 is 17.3 Å². The number of amides is 1. The van der Waals surface area contributed by atoms with Crippen molar-refractivity contribution in [2.24, 2.45) is 0 Å². The average molecular weight is 300 g/mol. The number of rotatable bonds is 2. The van der Waals surface area contributed by atoms with Gasteiger partial charge in [0.1, 0.15) is 0 Å². The molecule has 1 heterocycles. The van der Waals surface area contributed by atoms with Crippen molar-refractivity contribution in [3.63, 3.8) is 0 Å². The summed E-state index contributed by atoms with van der Waals surface area (Å²) in [7, 11) is 0. The lowest BCUT2D eigenvalue weighted by Gasteiger charge is -2.36. The van der Waals surface area contributed by atoms with Crippen LogP contribution in [0.2, 0.25) is 0 Å². The summed E-state index contributed by atoms with van der Waals surface area (Å²) in [6.45, 7) is 4.95. The normalized spacial score (nSPS) is 19.5. The van der Waals surface area contributed by atoms with Gasteiger partial charge in [0.15, 0.2) is 0 Å². The molecule has 1 aromatic rings. The van der Waals surface area contributed by atoms with Gasteiger partial charge in [-0.25, -0.2) is 0 Å². The van der Waals surface area contributed by atoms with Crippen LogP contribution in [0.15, 0.2) is 18.2 Å². The minimum absolute atomic E-state index is 0.170. The Morgan fingerprint density at radius 2 is 2.05 bits per heavy atom. The third-order valence-corrected chi connectivity index (χ3v) is 3.82. The molecule has 0 aromatic heterocycles. The molecule has 1 atom stereocenters. The number of alkyl halides is 3. The van der Waals surface area contributed by atoms with Gasteiger partial charge < -0.3 is 10.2 Å². The van der Waals surface area contributed by atoms with Gasteiger partial charge in [-0.05, 0) is 56.9 Å². The van der Waals surface area contributed by atoms with Gasteiger partial charge in [-0.2, -0.15) is 13.2 Å². The summed E-state index contributed by atoms with van der Waals surface area (Å²) in [4.78, 5) is 13.2. The van der Waals surface area contributed by atoms with E-state index in [1.165, 1.54) is 12.5 Å². The van der Waals surface area contributed by atoms with Gasteiger partial charge in [0.25, 0.3) is 0 Å². The summed E-state index contributed by atoms with van der Waals surface area (Å²) in [5.41, 5.74) is 2.05. The van der Waals surface area contributed by atoms with E-state index >= 15 is 0 Å². The first-order valence-corrected chi connectivity index (χ1v) is 7.04. The Kier molecular flexibility index (Phi) is 4.44. The Bertz CT molecular complexity index is 528. The Labute approximate surface area is 122 Å². The summed E-state index contributed by atoms with van der Waals surface area (Å²) in [6, 6.07) is 5.31. The van der Waals surface area contributed by atoms with E-state index in [9.17, 15) is 18.0 Å². The van der Waals surface area contributed by atoms with Crippen molar-refractivity contribution in [2.45, 2.75) is 45.3 Å². The van der Waals surface area contributed by atoms with Gasteiger partial charge in [0, 0.05) is 24.0 Å². The van der Waals surface area contributed by atoms with Gasteiger partial charge in [-0.1, -0.05) is 0 Å². The van der Waals surface area contributed by atoms with Crippen LogP contribution in [0.25, 0.3) is 0 Å². The highest BCUT2D eigenvalue weighted by Crippen LogP contribution is 2.30. The van der Waals surface area contributed by atoms with E-state index in [4.69, 9.17) is 0 Å². The van der Waals surface area contributed by atoms with Crippen LogP contribution in [0.4, 0.5) is 24.5 Å². The first kappa shape index (κ1) is 15.7. The number of hydrogen-bond acceptors (Lipinski definition) is 2. The smallest absolute Gasteiger partial charge is 0.369 e. The van der Waals surface area contributed by atoms with E-state index < -0.39 is 12.1 Å². The fourth-order valence-electron chi connectivity index (χ4n) is 2.71.